The monoisotopic (exact) mass is 351 g/mol. The van der Waals surface area contributed by atoms with Gasteiger partial charge in [-0.2, -0.15) is 9.90 Å². The standard InChI is InChI=1S/C19H21N5O2/c1-4-24-20-12-16(22-24)21-18(25)17-13(2)10-11-23(19(17)26)14(3)15-8-6-5-7-9-15/h5-12,14H,4H2,1-3H3,(H,21,22,25). The van der Waals surface area contributed by atoms with Crippen molar-refractivity contribution in [2.45, 2.75) is 33.4 Å². The van der Waals surface area contributed by atoms with Gasteiger partial charge in [0, 0.05) is 6.20 Å². The van der Waals surface area contributed by atoms with Crippen LogP contribution in [-0.2, 0) is 6.54 Å². The molecule has 0 aliphatic carbocycles. The van der Waals surface area contributed by atoms with E-state index >= 15 is 0 Å². The third-order valence-corrected chi connectivity index (χ3v) is 4.32. The number of amides is 1. The Hall–Kier alpha value is -3.22. The average Bonchev–Trinajstić information content (AvgIpc) is 3.09. The van der Waals surface area contributed by atoms with Crippen molar-refractivity contribution in [2.75, 3.05) is 5.32 Å². The number of rotatable bonds is 5. The van der Waals surface area contributed by atoms with Crippen LogP contribution in [0.1, 0.15) is 41.4 Å². The highest BCUT2D eigenvalue weighted by Gasteiger charge is 2.19. The molecule has 7 nitrogen and oxygen atoms in total. The molecular formula is C19H21N5O2. The largest absolute Gasteiger partial charge is 0.308 e. The first-order valence-electron chi connectivity index (χ1n) is 8.49. The number of hydrogen-bond acceptors (Lipinski definition) is 4. The minimum atomic E-state index is -0.481. The van der Waals surface area contributed by atoms with Crippen molar-refractivity contribution in [2.24, 2.45) is 0 Å². The van der Waals surface area contributed by atoms with Gasteiger partial charge in [0.2, 0.25) is 0 Å². The minimum Gasteiger partial charge on any atom is -0.308 e. The zero-order valence-electron chi connectivity index (χ0n) is 15.0. The highest BCUT2D eigenvalue weighted by molar-refractivity contribution is 6.04. The van der Waals surface area contributed by atoms with Crippen LogP contribution < -0.4 is 10.9 Å². The Labute approximate surface area is 151 Å². The van der Waals surface area contributed by atoms with Crippen molar-refractivity contribution < 1.29 is 4.79 Å². The number of aromatic nitrogens is 4. The number of nitrogens with one attached hydrogen (secondary N) is 1. The second kappa shape index (κ2) is 7.35. The predicted molar refractivity (Wildman–Crippen MR) is 99.3 cm³/mol. The number of nitrogens with zero attached hydrogens (tertiary/aromatic N) is 4. The molecule has 0 radical (unpaired) electrons. The van der Waals surface area contributed by atoms with Crippen LogP contribution in [0.15, 0.2) is 53.6 Å². The Morgan fingerprint density at radius 2 is 1.96 bits per heavy atom. The van der Waals surface area contributed by atoms with E-state index in [4.69, 9.17) is 0 Å². The summed E-state index contributed by atoms with van der Waals surface area (Å²) in [5.41, 5.74) is 1.39. The Kier molecular flexibility index (Phi) is 4.97. The van der Waals surface area contributed by atoms with Crippen LogP contribution in [0.25, 0.3) is 0 Å². The van der Waals surface area contributed by atoms with Crippen molar-refractivity contribution in [1.82, 2.24) is 19.6 Å². The summed E-state index contributed by atoms with van der Waals surface area (Å²) in [6, 6.07) is 11.3. The molecular weight excluding hydrogens is 330 g/mol. The van der Waals surface area contributed by atoms with Gasteiger partial charge in [-0.05, 0) is 38.0 Å². The molecule has 2 aromatic heterocycles. The number of carbonyl (C=O) groups excluding carboxylic acids is 1. The normalized spacial score (nSPS) is 12.0. The van der Waals surface area contributed by atoms with E-state index in [2.05, 4.69) is 15.5 Å². The van der Waals surface area contributed by atoms with Gasteiger partial charge in [-0.25, -0.2) is 0 Å². The van der Waals surface area contributed by atoms with Gasteiger partial charge in [-0.1, -0.05) is 30.3 Å². The molecule has 1 atom stereocenters. The highest BCUT2D eigenvalue weighted by Crippen LogP contribution is 2.17. The molecule has 0 fully saturated rings. The summed E-state index contributed by atoms with van der Waals surface area (Å²) in [6.45, 7) is 6.18. The molecule has 0 aliphatic heterocycles. The number of hydrogen-bond donors (Lipinski definition) is 1. The predicted octanol–water partition coefficient (Wildman–Crippen LogP) is 2.63. The summed E-state index contributed by atoms with van der Waals surface area (Å²) in [4.78, 5) is 27.1. The van der Waals surface area contributed by atoms with Crippen molar-refractivity contribution in [3.05, 3.63) is 75.8 Å². The van der Waals surface area contributed by atoms with Crippen LogP contribution in [0.3, 0.4) is 0 Å². The third kappa shape index (κ3) is 3.42. The van der Waals surface area contributed by atoms with Gasteiger partial charge in [0.05, 0.1) is 18.8 Å². The first kappa shape index (κ1) is 17.6. The van der Waals surface area contributed by atoms with E-state index < -0.39 is 5.91 Å². The molecule has 1 aromatic carbocycles. The second-order valence-corrected chi connectivity index (χ2v) is 6.05. The Morgan fingerprint density at radius 3 is 2.62 bits per heavy atom. The minimum absolute atomic E-state index is 0.112. The molecule has 134 valence electrons. The van der Waals surface area contributed by atoms with Gasteiger partial charge in [0.1, 0.15) is 5.56 Å². The van der Waals surface area contributed by atoms with E-state index in [0.29, 0.717) is 17.9 Å². The second-order valence-electron chi connectivity index (χ2n) is 6.05. The molecule has 0 saturated carbocycles. The molecule has 3 aromatic rings. The summed E-state index contributed by atoms with van der Waals surface area (Å²) in [7, 11) is 0. The van der Waals surface area contributed by atoms with Gasteiger partial charge in [0.15, 0.2) is 5.82 Å². The van der Waals surface area contributed by atoms with E-state index in [0.717, 1.165) is 5.56 Å². The number of carbonyl (C=O) groups is 1. The smallest absolute Gasteiger partial charge is 0.264 e. The summed E-state index contributed by atoms with van der Waals surface area (Å²) in [5.74, 6) is -0.160. The maximum absolute atomic E-state index is 13.0. The lowest BCUT2D eigenvalue weighted by atomic mass is 10.1. The quantitative estimate of drug-likeness (QED) is 0.766. The molecule has 1 N–H and O–H groups in total. The molecule has 7 heteroatoms. The van der Waals surface area contributed by atoms with Crippen LogP contribution in [0.4, 0.5) is 5.82 Å². The summed E-state index contributed by atoms with van der Waals surface area (Å²) in [5, 5.41) is 10.8. The lowest BCUT2D eigenvalue weighted by Crippen LogP contribution is -2.32. The van der Waals surface area contributed by atoms with E-state index in [1.54, 1.807) is 23.8 Å². The van der Waals surface area contributed by atoms with E-state index in [1.165, 1.54) is 11.0 Å². The highest BCUT2D eigenvalue weighted by atomic mass is 16.2. The molecule has 3 rings (SSSR count). The van der Waals surface area contributed by atoms with Gasteiger partial charge in [-0.3, -0.25) is 9.59 Å². The van der Waals surface area contributed by atoms with Crippen LogP contribution in [-0.4, -0.2) is 25.5 Å². The fraction of sp³-hybridized carbons (Fsp3) is 0.263. The maximum Gasteiger partial charge on any atom is 0.264 e. The number of aryl methyl sites for hydroxylation is 2. The number of anilines is 1. The Balaban J connectivity index is 1.94. The molecule has 2 heterocycles. The summed E-state index contributed by atoms with van der Waals surface area (Å²) in [6.07, 6.45) is 3.18. The molecule has 1 unspecified atom stereocenters. The van der Waals surface area contributed by atoms with Crippen LogP contribution >= 0.6 is 0 Å². The van der Waals surface area contributed by atoms with Crippen molar-refractivity contribution in [1.29, 1.82) is 0 Å². The first-order valence-corrected chi connectivity index (χ1v) is 8.49. The maximum atomic E-state index is 13.0. The van der Waals surface area contributed by atoms with E-state index in [-0.39, 0.29) is 17.2 Å². The van der Waals surface area contributed by atoms with Crippen molar-refractivity contribution >= 4 is 11.7 Å². The SMILES string of the molecule is CCn1ncc(NC(=O)c2c(C)ccn(C(C)c3ccccc3)c2=O)n1. The molecule has 0 aliphatic rings. The zero-order chi connectivity index (χ0) is 18.7. The molecule has 0 saturated heterocycles. The Bertz CT molecular complexity index is 975. The van der Waals surface area contributed by atoms with Gasteiger partial charge < -0.3 is 9.88 Å². The molecule has 1 amide bonds. The first-order chi connectivity index (χ1) is 12.5. The number of benzene rings is 1. The molecule has 26 heavy (non-hydrogen) atoms. The number of pyridine rings is 1. The topological polar surface area (TPSA) is 81.8 Å². The Morgan fingerprint density at radius 1 is 1.23 bits per heavy atom. The molecule has 0 bridgehead atoms. The fourth-order valence-electron chi connectivity index (χ4n) is 2.80. The van der Waals surface area contributed by atoms with Gasteiger partial charge in [0.25, 0.3) is 11.5 Å². The van der Waals surface area contributed by atoms with Gasteiger partial charge >= 0.3 is 0 Å². The third-order valence-electron chi connectivity index (χ3n) is 4.32. The van der Waals surface area contributed by atoms with E-state index in [9.17, 15) is 9.59 Å². The zero-order valence-corrected chi connectivity index (χ0v) is 15.0. The van der Waals surface area contributed by atoms with Crippen molar-refractivity contribution in [3.8, 4) is 0 Å². The van der Waals surface area contributed by atoms with Gasteiger partial charge in [-0.15, -0.1) is 5.10 Å². The van der Waals surface area contributed by atoms with E-state index in [1.807, 2.05) is 44.2 Å². The van der Waals surface area contributed by atoms with Crippen molar-refractivity contribution in [3.63, 3.8) is 0 Å². The van der Waals surface area contributed by atoms with Crippen LogP contribution in [0.5, 0.6) is 0 Å². The summed E-state index contributed by atoms with van der Waals surface area (Å²) >= 11 is 0. The fourth-order valence-corrected chi connectivity index (χ4v) is 2.80. The summed E-state index contributed by atoms with van der Waals surface area (Å²) < 4.78 is 1.57. The molecule has 0 spiro atoms. The van der Waals surface area contributed by atoms with Crippen LogP contribution in [0.2, 0.25) is 0 Å². The average molecular weight is 351 g/mol. The lowest BCUT2D eigenvalue weighted by molar-refractivity contribution is 0.102. The lowest BCUT2D eigenvalue weighted by Gasteiger charge is -2.17. The van der Waals surface area contributed by atoms with Crippen LogP contribution in [0, 0.1) is 6.92 Å².